The predicted octanol–water partition coefficient (Wildman–Crippen LogP) is 15.3. The largest absolute Gasteiger partial charge is 0.508 e. The fraction of sp³-hybridized carbons (Fsp3) is 0.802. The zero-order valence-corrected chi connectivity index (χ0v) is 70.1. The Morgan fingerprint density at radius 2 is 0.851 bits per heavy atom. The average molecular weight is 1610 g/mol. The summed E-state index contributed by atoms with van der Waals surface area (Å²) in [6.07, 6.45) is 22.7. The lowest BCUT2D eigenvalue weighted by Gasteiger charge is -2.38. The molecule has 7 atom stereocenters. The quantitative estimate of drug-likeness (QED) is 0.0670. The van der Waals surface area contributed by atoms with E-state index < -0.39 is 35.5 Å². The second-order valence-corrected chi connectivity index (χ2v) is 35.3. The molecule has 0 unspecified atom stereocenters. The number of alkyl carbamates (subject to hydrolysis) is 1. The molecule has 6 fully saturated rings. The molecule has 23 nitrogen and oxygen atoms in total. The fourth-order valence-electron chi connectivity index (χ4n) is 14.6. The first kappa shape index (κ1) is 110. The predicted molar refractivity (Wildman–Crippen MR) is 476 cm³/mol. The van der Waals surface area contributed by atoms with Crippen LogP contribution in [0, 0.1) is 29.6 Å². The minimum atomic E-state index is -0.661. The number of hydrogen-bond acceptors (Lipinski definition) is 17. The van der Waals surface area contributed by atoms with E-state index in [1.807, 2.05) is 91.2 Å². The molecule has 23 heteroatoms. The lowest BCUT2D eigenvalue weighted by atomic mass is 9.92. The second kappa shape index (κ2) is 56.5. The number of benzene rings is 2. The van der Waals surface area contributed by atoms with Gasteiger partial charge in [-0.25, -0.2) is 9.59 Å². The van der Waals surface area contributed by atoms with E-state index in [-0.39, 0.29) is 128 Å². The number of nitrogens with zero attached hydrogens (tertiary/aromatic N) is 6. The molecule has 664 valence electrons. The average Bonchev–Trinajstić information content (AvgIpc) is 0.784. The van der Waals surface area contributed by atoms with Crippen molar-refractivity contribution in [3.63, 3.8) is 0 Å². The molecule has 0 saturated carbocycles. The fourth-order valence-corrected chi connectivity index (χ4v) is 14.6. The molecule has 8 aliphatic rings. The van der Waals surface area contributed by atoms with Crippen molar-refractivity contribution >= 4 is 35.8 Å². The number of phenolic OH excluding ortho intramolecular Hbond substituents is 2. The van der Waals surface area contributed by atoms with Crippen LogP contribution in [0.15, 0.2) is 36.4 Å². The van der Waals surface area contributed by atoms with E-state index in [2.05, 4.69) is 82.8 Å². The maximum absolute atomic E-state index is 13.5. The number of rotatable bonds is 18. The van der Waals surface area contributed by atoms with E-state index in [9.17, 15) is 39.0 Å². The first-order valence-corrected chi connectivity index (χ1v) is 42.0. The number of amides is 6. The smallest absolute Gasteiger partial charge is 0.411 e. The molecule has 8 heterocycles. The van der Waals surface area contributed by atoms with E-state index in [0.717, 1.165) is 120 Å². The highest BCUT2D eigenvalue weighted by molar-refractivity contribution is 5.88. The lowest BCUT2D eigenvalue weighted by Crippen LogP contribution is -2.57. The zero-order chi connectivity index (χ0) is 79.7. The van der Waals surface area contributed by atoms with E-state index in [1.54, 1.807) is 24.3 Å². The molecule has 2 aromatic carbocycles. The van der Waals surface area contributed by atoms with Gasteiger partial charge in [0.15, 0.2) is 0 Å². The molecule has 8 aliphatic heterocycles. The summed E-state index contributed by atoms with van der Waals surface area (Å²) in [5.41, 5.74) is 14.6. The highest BCUT2D eigenvalue weighted by Gasteiger charge is 2.39. The van der Waals surface area contributed by atoms with Crippen LogP contribution in [-0.2, 0) is 54.6 Å². The second-order valence-electron chi connectivity index (χ2n) is 35.3. The number of nitrogens with one attached hydrogen (secondary N) is 5. The van der Waals surface area contributed by atoms with E-state index >= 15 is 0 Å². The van der Waals surface area contributed by atoms with E-state index in [1.165, 1.54) is 121 Å². The first-order valence-electron chi connectivity index (χ1n) is 42.0. The third-order valence-electron chi connectivity index (χ3n) is 21.7. The van der Waals surface area contributed by atoms with Gasteiger partial charge < -0.3 is 82.2 Å². The normalized spacial score (nSPS) is 19.8. The number of phenols is 2. The van der Waals surface area contributed by atoms with Crippen LogP contribution in [0.2, 0.25) is 0 Å². The van der Waals surface area contributed by atoms with Crippen molar-refractivity contribution in [3.8, 4) is 11.5 Å². The lowest BCUT2D eigenvalue weighted by molar-refractivity contribution is -0.135. The Balaban J connectivity index is 0. The summed E-state index contributed by atoms with van der Waals surface area (Å²) in [5, 5.41) is 35.3. The van der Waals surface area contributed by atoms with Gasteiger partial charge in [0, 0.05) is 76.9 Å². The standard InChI is InChI=1S/C25H39N3O4.C20H31N3O2.C15H28N2O3.C10H20N2O.C10H22N2.C5H11N.6CH4/c1-17(2)21(16-27-11-7-6-8-12-27)26-23(30)22-14-18-9-10-20(29)13-19(18)15-28(22)24(31)32-25(3,4)5;1-14(2)19(13-23-8-4-3-5-9-23)22-20(25)18-11-15-6-7-17(24)10-16(15)12-21-18;1-11(2)12(16-14(19)20-15(3,4)5)13(18)17-9-7-6-8-10-17;1-8(2)9(11)10(13)12-6-4-3-5-7-12;1-9(2)10(11)8-12-6-4-3-5-7-12;1-2-4-6-5-3-1;;;;;;/h9-10,13,17,21-22,29H,6-8,11-12,14-16H2,1-5H3,(H,26,30);6-7,10,14,18-19,21,24H,3-5,8-9,11-13H2,1-2H3,(H,22,25);11-12H,6-10H2,1-5H3,(H,16,19);8-9H,3-7,11H2,1-2H3;9-10H,3-8,11H2,1-2H3;6H,1-5H2;6*1H4/t21-,22-;18-,19-;12-;9-;10-;;;;;;;/m11001......./s1. The Morgan fingerprint density at radius 3 is 1.24 bits per heavy atom. The van der Waals surface area contributed by atoms with Crippen molar-refractivity contribution in [2.45, 2.75) is 350 Å². The van der Waals surface area contributed by atoms with Crippen LogP contribution >= 0.6 is 0 Å². The van der Waals surface area contributed by atoms with Gasteiger partial charge in [0.2, 0.25) is 23.6 Å². The van der Waals surface area contributed by atoms with Crippen LogP contribution in [0.1, 0.15) is 293 Å². The third-order valence-corrected chi connectivity index (χ3v) is 21.7. The van der Waals surface area contributed by atoms with Gasteiger partial charge in [-0.05, 0) is 266 Å². The summed E-state index contributed by atoms with van der Waals surface area (Å²) in [6.45, 7) is 48.3. The van der Waals surface area contributed by atoms with Crippen LogP contribution < -0.4 is 38.1 Å². The van der Waals surface area contributed by atoms with Crippen molar-refractivity contribution in [3.05, 3.63) is 58.7 Å². The van der Waals surface area contributed by atoms with Gasteiger partial charge in [-0.2, -0.15) is 0 Å². The Morgan fingerprint density at radius 1 is 0.456 bits per heavy atom. The van der Waals surface area contributed by atoms with Crippen molar-refractivity contribution in [1.82, 2.24) is 56.0 Å². The van der Waals surface area contributed by atoms with Gasteiger partial charge in [0.25, 0.3) is 0 Å². The number of carbonyl (C=O) groups is 6. The van der Waals surface area contributed by atoms with Crippen LogP contribution in [0.25, 0.3) is 0 Å². The number of nitrogens with two attached hydrogens (primary N) is 2. The minimum absolute atomic E-state index is 0. The van der Waals surface area contributed by atoms with Crippen molar-refractivity contribution < 1.29 is 48.5 Å². The number of likely N-dealkylation sites (tertiary alicyclic amines) is 5. The summed E-state index contributed by atoms with van der Waals surface area (Å²) < 4.78 is 10.8. The summed E-state index contributed by atoms with van der Waals surface area (Å²) in [7, 11) is 0. The topological polar surface area (TPSA) is 293 Å². The highest BCUT2D eigenvalue weighted by Crippen LogP contribution is 2.30. The van der Waals surface area contributed by atoms with Gasteiger partial charge in [-0.1, -0.05) is 152 Å². The van der Waals surface area contributed by atoms with Crippen LogP contribution in [-0.4, -0.2) is 227 Å². The van der Waals surface area contributed by atoms with Crippen molar-refractivity contribution in [1.29, 1.82) is 0 Å². The Bertz CT molecular complexity index is 2950. The van der Waals surface area contributed by atoms with Gasteiger partial charge >= 0.3 is 12.2 Å². The molecular formula is C91H175N13O10. The van der Waals surface area contributed by atoms with E-state index in [4.69, 9.17) is 20.9 Å². The van der Waals surface area contributed by atoms with Crippen LogP contribution in [0.5, 0.6) is 11.5 Å². The van der Waals surface area contributed by atoms with E-state index in [0.29, 0.717) is 37.3 Å². The Labute approximate surface area is 696 Å². The molecule has 0 radical (unpaired) electrons. The Kier molecular flexibility index (Phi) is 54.7. The maximum Gasteiger partial charge on any atom is 0.411 e. The minimum Gasteiger partial charge on any atom is -0.508 e. The summed E-state index contributed by atoms with van der Waals surface area (Å²) in [5.74, 6) is 2.11. The number of piperidine rings is 6. The molecule has 11 N–H and O–H groups in total. The molecule has 0 aromatic heterocycles. The number of aromatic hydroxyl groups is 2. The molecule has 114 heavy (non-hydrogen) atoms. The third kappa shape index (κ3) is 41.0. The molecule has 0 aliphatic carbocycles. The van der Waals surface area contributed by atoms with Crippen molar-refractivity contribution in [2.75, 3.05) is 98.2 Å². The molecule has 0 spiro atoms. The molecule has 6 saturated heterocycles. The molecular weight excluding hydrogens is 1440 g/mol. The van der Waals surface area contributed by atoms with Crippen LogP contribution in [0.4, 0.5) is 9.59 Å². The number of hydrogen-bond donors (Lipinski definition) is 9. The molecule has 6 amide bonds. The highest BCUT2D eigenvalue weighted by atomic mass is 16.6. The van der Waals surface area contributed by atoms with Gasteiger partial charge in [-0.15, -0.1) is 0 Å². The maximum atomic E-state index is 13.5. The van der Waals surface area contributed by atoms with Gasteiger partial charge in [0.1, 0.15) is 34.8 Å². The number of fused-ring (bicyclic) bond motifs is 2. The SMILES string of the molecule is C.C.C.C.C.C.C1CCNCC1.CC(C)[C@@H](CN1CCCCC1)NC(=O)[C@H]1Cc2ccc(O)cc2CN1.CC(C)[C@@H](CN1CCCCC1)NC(=O)[C@H]1Cc2ccc(O)cc2CN1C(=O)OC(C)(C)C.CC(C)[C@H](N)C(=O)N1CCCCC1.CC(C)[C@H](N)CN1CCCCC1.CC(C)[C@H](NC(=O)OC(C)(C)C)C(=O)N1CCCCC1. The summed E-state index contributed by atoms with van der Waals surface area (Å²) in [4.78, 5) is 88.1. The summed E-state index contributed by atoms with van der Waals surface area (Å²) in [6, 6.07) is 9.45. The van der Waals surface area contributed by atoms with Gasteiger partial charge in [-0.3, -0.25) is 24.1 Å². The molecule has 10 rings (SSSR count). The van der Waals surface area contributed by atoms with Crippen molar-refractivity contribution in [2.24, 2.45) is 41.1 Å². The molecule has 2 aromatic rings. The monoisotopic (exact) mass is 1610 g/mol. The first-order chi connectivity index (χ1) is 51.1. The summed E-state index contributed by atoms with van der Waals surface area (Å²) >= 11 is 0. The number of carbonyl (C=O) groups excluding carboxylic acids is 6. The zero-order valence-electron chi connectivity index (χ0n) is 70.1. The molecule has 0 bridgehead atoms. The number of ether oxygens (including phenoxy) is 2. The van der Waals surface area contributed by atoms with Gasteiger partial charge in [0.05, 0.1) is 18.6 Å². The van der Waals surface area contributed by atoms with Crippen LogP contribution in [0.3, 0.4) is 0 Å². The Hall–Kier alpha value is -5.82.